The number of hydrogen-bond acceptors (Lipinski definition) is 5. The summed E-state index contributed by atoms with van der Waals surface area (Å²) in [5, 5.41) is 4.68. The number of hydrogen-bond donors (Lipinski definition) is 0. The number of alkyl halides is 3. The molecule has 0 radical (unpaired) electrons. The van der Waals surface area contributed by atoms with Gasteiger partial charge in [-0.3, -0.25) is 4.68 Å². The van der Waals surface area contributed by atoms with Crippen molar-refractivity contribution in [3.05, 3.63) is 72.4 Å². The molecule has 1 aromatic carbocycles. The maximum atomic E-state index is 12.3. The van der Waals surface area contributed by atoms with Gasteiger partial charge in [0.05, 0.1) is 12.9 Å². The van der Waals surface area contributed by atoms with E-state index >= 15 is 0 Å². The molecule has 0 atom stereocenters. The highest BCUT2D eigenvalue weighted by molar-refractivity contribution is 5.54. The van der Waals surface area contributed by atoms with E-state index in [0.717, 1.165) is 30.2 Å². The third-order valence-electron chi connectivity index (χ3n) is 5.52. The summed E-state index contributed by atoms with van der Waals surface area (Å²) in [6.45, 7) is 4.70. The molecule has 10 heteroatoms. The molecule has 170 valence electrons. The van der Waals surface area contributed by atoms with E-state index in [1.54, 1.807) is 17.1 Å². The summed E-state index contributed by atoms with van der Waals surface area (Å²) in [7, 11) is 0. The fourth-order valence-corrected chi connectivity index (χ4v) is 3.63. The van der Waals surface area contributed by atoms with Gasteiger partial charge in [-0.2, -0.15) is 5.10 Å². The van der Waals surface area contributed by atoms with Crippen LogP contribution in [0.25, 0.3) is 17.1 Å². The van der Waals surface area contributed by atoms with E-state index in [1.807, 2.05) is 29.9 Å². The molecule has 0 N–H and O–H groups in total. The van der Waals surface area contributed by atoms with Crippen molar-refractivity contribution < 1.29 is 17.9 Å². The van der Waals surface area contributed by atoms with Crippen LogP contribution in [-0.4, -0.2) is 43.8 Å². The topological polar surface area (TPSA) is 61.0 Å². The Morgan fingerprint density at radius 2 is 1.79 bits per heavy atom. The van der Waals surface area contributed by atoms with E-state index in [1.165, 1.54) is 30.7 Å². The van der Waals surface area contributed by atoms with Gasteiger partial charge in [0.15, 0.2) is 0 Å². The molecule has 5 rings (SSSR count). The van der Waals surface area contributed by atoms with E-state index < -0.39 is 6.36 Å². The molecule has 0 spiro atoms. The van der Waals surface area contributed by atoms with Gasteiger partial charge < -0.3 is 14.2 Å². The molecule has 0 saturated carbocycles. The van der Waals surface area contributed by atoms with Gasteiger partial charge in [0.2, 0.25) is 0 Å². The van der Waals surface area contributed by atoms with Crippen LogP contribution >= 0.6 is 0 Å². The second kappa shape index (κ2) is 8.27. The number of benzene rings is 1. The minimum Gasteiger partial charge on any atom is -0.406 e. The number of nitrogens with zero attached hydrogens (tertiary/aromatic N) is 6. The molecule has 1 fully saturated rings. The molecule has 3 aromatic heterocycles. The van der Waals surface area contributed by atoms with E-state index in [2.05, 4.69) is 30.8 Å². The van der Waals surface area contributed by atoms with Crippen LogP contribution in [0.3, 0.4) is 0 Å². The van der Waals surface area contributed by atoms with Crippen LogP contribution in [0.15, 0.2) is 61.2 Å². The highest BCUT2D eigenvalue weighted by Gasteiger charge is 2.31. The summed E-state index contributed by atoms with van der Waals surface area (Å²) in [5.74, 6) is 0.736. The molecular weight excluding hydrogens is 433 g/mol. The number of rotatable bonds is 6. The number of aromatic nitrogens is 5. The highest BCUT2D eigenvalue weighted by Crippen LogP contribution is 2.25. The van der Waals surface area contributed by atoms with Crippen LogP contribution in [-0.2, 0) is 6.54 Å². The smallest absolute Gasteiger partial charge is 0.406 e. The third-order valence-corrected chi connectivity index (χ3v) is 5.52. The van der Waals surface area contributed by atoms with E-state index in [9.17, 15) is 13.2 Å². The standard InChI is InChI=1S/C23H21F3N6O/c1-16-11-20(29-32(16)13-17-3-8-22(27-12-17)30-9-2-10-30)21-14-31(15-28-21)18-4-6-19(7-5-18)33-23(24,25)26/h3-8,11-12,14-15H,2,9-10,13H2,1H3. The normalized spacial score (nSPS) is 13.8. The Morgan fingerprint density at radius 3 is 2.42 bits per heavy atom. The van der Waals surface area contributed by atoms with E-state index in [4.69, 9.17) is 0 Å². The van der Waals surface area contributed by atoms with Crippen molar-refractivity contribution in [3.8, 4) is 22.8 Å². The van der Waals surface area contributed by atoms with Crippen LogP contribution in [0.2, 0.25) is 0 Å². The summed E-state index contributed by atoms with van der Waals surface area (Å²) in [6, 6.07) is 11.7. The third kappa shape index (κ3) is 4.69. The van der Waals surface area contributed by atoms with Gasteiger partial charge in [-0.05, 0) is 55.3 Å². The Labute approximate surface area is 188 Å². The molecule has 7 nitrogen and oxygen atoms in total. The molecule has 0 amide bonds. The van der Waals surface area contributed by atoms with Crippen LogP contribution in [0.4, 0.5) is 19.0 Å². The lowest BCUT2D eigenvalue weighted by atomic mass is 10.2. The molecule has 33 heavy (non-hydrogen) atoms. The van der Waals surface area contributed by atoms with Crippen molar-refractivity contribution in [2.24, 2.45) is 0 Å². The van der Waals surface area contributed by atoms with Gasteiger partial charge in [-0.1, -0.05) is 6.07 Å². The maximum Gasteiger partial charge on any atom is 0.573 e. The van der Waals surface area contributed by atoms with E-state index in [0.29, 0.717) is 23.6 Å². The van der Waals surface area contributed by atoms with Crippen molar-refractivity contribution in [1.82, 2.24) is 24.3 Å². The molecule has 0 bridgehead atoms. The van der Waals surface area contributed by atoms with Crippen molar-refractivity contribution in [3.63, 3.8) is 0 Å². The number of pyridine rings is 1. The largest absolute Gasteiger partial charge is 0.573 e. The minimum atomic E-state index is -4.72. The summed E-state index contributed by atoms with van der Waals surface area (Å²) in [6.07, 6.45) is 1.77. The second-order valence-electron chi connectivity index (χ2n) is 7.90. The summed E-state index contributed by atoms with van der Waals surface area (Å²) in [5.41, 5.74) is 4.09. The first-order chi connectivity index (χ1) is 15.8. The van der Waals surface area contributed by atoms with Crippen molar-refractivity contribution in [1.29, 1.82) is 0 Å². The number of imidazole rings is 1. The van der Waals surface area contributed by atoms with Gasteiger partial charge in [-0.15, -0.1) is 13.2 Å². The maximum absolute atomic E-state index is 12.3. The number of halogens is 3. The van der Waals surface area contributed by atoms with Gasteiger partial charge in [0, 0.05) is 36.9 Å². The van der Waals surface area contributed by atoms with Crippen LogP contribution in [0, 0.1) is 6.92 Å². The number of ether oxygens (including phenoxy) is 1. The summed E-state index contributed by atoms with van der Waals surface area (Å²) < 4.78 is 44.6. The quantitative estimate of drug-likeness (QED) is 0.426. The lowest BCUT2D eigenvalue weighted by Gasteiger charge is -2.31. The van der Waals surface area contributed by atoms with Crippen molar-refractivity contribution in [2.75, 3.05) is 18.0 Å². The number of aryl methyl sites for hydroxylation is 1. The summed E-state index contributed by atoms with van der Waals surface area (Å²) in [4.78, 5) is 11.2. The molecule has 4 aromatic rings. The lowest BCUT2D eigenvalue weighted by molar-refractivity contribution is -0.274. The summed E-state index contributed by atoms with van der Waals surface area (Å²) >= 11 is 0. The first-order valence-corrected chi connectivity index (χ1v) is 10.5. The Morgan fingerprint density at radius 1 is 1.00 bits per heavy atom. The zero-order valence-electron chi connectivity index (χ0n) is 17.8. The average molecular weight is 454 g/mol. The van der Waals surface area contributed by atoms with Crippen molar-refractivity contribution >= 4 is 5.82 Å². The van der Waals surface area contributed by atoms with Crippen LogP contribution in [0.1, 0.15) is 17.7 Å². The minimum absolute atomic E-state index is 0.270. The fourth-order valence-electron chi connectivity index (χ4n) is 3.63. The molecule has 0 aliphatic carbocycles. The molecule has 1 aliphatic rings. The molecule has 1 aliphatic heterocycles. The highest BCUT2D eigenvalue weighted by atomic mass is 19.4. The molecule has 1 saturated heterocycles. The SMILES string of the molecule is Cc1cc(-c2cn(-c3ccc(OC(F)(F)F)cc3)cn2)nn1Cc1ccc(N2CCC2)nc1. The first kappa shape index (κ1) is 21.0. The Hall–Kier alpha value is -3.82. The molecular formula is C23H21F3N6O. The van der Waals surface area contributed by atoms with Gasteiger partial charge in [0.25, 0.3) is 0 Å². The fraction of sp³-hybridized carbons (Fsp3) is 0.261. The lowest BCUT2D eigenvalue weighted by Crippen LogP contribution is -2.37. The van der Waals surface area contributed by atoms with Crippen LogP contribution in [0.5, 0.6) is 5.75 Å². The molecule has 4 heterocycles. The van der Waals surface area contributed by atoms with Gasteiger partial charge in [0.1, 0.15) is 23.0 Å². The predicted octanol–water partition coefficient (Wildman–Crippen LogP) is 4.60. The Kier molecular flexibility index (Phi) is 5.27. The Balaban J connectivity index is 1.29. The molecule has 0 unspecified atom stereocenters. The average Bonchev–Trinajstić information content (AvgIpc) is 3.35. The van der Waals surface area contributed by atoms with Gasteiger partial charge >= 0.3 is 6.36 Å². The monoisotopic (exact) mass is 454 g/mol. The Bertz CT molecular complexity index is 1240. The van der Waals surface area contributed by atoms with Gasteiger partial charge in [-0.25, -0.2) is 9.97 Å². The first-order valence-electron chi connectivity index (χ1n) is 10.5. The zero-order valence-corrected chi connectivity index (χ0v) is 17.8. The predicted molar refractivity (Wildman–Crippen MR) is 116 cm³/mol. The zero-order chi connectivity index (χ0) is 23.0. The van der Waals surface area contributed by atoms with E-state index in [-0.39, 0.29) is 5.75 Å². The van der Waals surface area contributed by atoms with Crippen LogP contribution < -0.4 is 9.64 Å². The van der Waals surface area contributed by atoms with Crippen molar-refractivity contribution in [2.45, 2.75) is 26.3 Å². The number of anilines is 1. The second-order valence-corrected chi connectivity index (χ2v) is 7.90.